The Hall–Kier alpha value is -4.07. The van der Waals surface area contributed by atoms with Crippen LogP contribution in [0.25, 0.3) is 0 Å². The minimum Gasteiger partial charge on any atom is -0.480 e. The van der Waals surface area contributed by atoms with Crippen molar-refractivity contribution < 1.29 is 38.1 Å². The van der Waals surface area contributed by atoms with Crippen LogP contribution in [0.15, 0.2) is 42.5 Å². The first kappa shape index (κ1) is 37.2. The maximum Gasteiger partial charge on any atom is 0.410 e. The van der Waals surface area contributed by atoms with Crippen molar-refractivity contribution in [2.24, 2.45) is 0 Å². The van der Waals surface area contributed by atoms with Crippen molar-refractivity contribution >= 4 is 29.6 Å². The van der Waals surface area contributed by atoms with Crippen molar-refractivity contribution in [1.82, 2.24) is 20.0 Å². The van der Waals surface area contributed by atoms with Gasteiger partial charge in [0, 0.05) is 56.5 Å². The fourth-order valence-corrected chi connectivity index (χ4v) is 7.08. The van der Waals surface area contributed by atoms with Gasteiger partial charge in [-0.25, -0.2) is 9.18 Å². The molecule has 0 aromatic heterocycles. The fourth-order valence-electron chi connectivity index (χ4n) is 7.08. The minimum atomic E-state index is -1.19. The molecule has 0 saturated carbocycles. The van der Waals surface area contributed by atoms with Crippen LogP contribution in [-0.2, 0) is 35.7 Å². The molecule has 13 heteroatoms. The Morgan fingerprint density at radius 2 is 1.72 bits per heavy atom. The highest BCUT2D eigenvalue weighted by molar-refractivity contribution is 6.03. The van der Waals surface area contributed by atoms with E-state index in [1.54, 1.807) is 28.9 Å². The maximum atomic E-state index is 14.4. The van der Waals surface area contributed by atoms with Gasteiger partial charge in [0.05, 0.1) is 25.2 Å². The zero-order chi connectivity index (χ0) is 36.4. The summed E-state index contributed by atoms with van der Waals surface area (Å²) < 4.78 is 25.0. The van der Waals surface area contributed by atoms with E-state index >= 15 is 0 Å². The highest BCUT2D eigenvalue weighted by Gasteiger charge is 2.48. The maximum absolute atomic E-state index is 14.4. The largest absolute Gasteiger partial charge is 0.480 e. The molecule has 2 saturated heterocycles. The van der Waals surface area contributed by atoms with Gasteiger partial charge in [-0.05, 0) is 82.9 Å². The highest BCUT2D eigenvalue weighted by Crippen LogP contribution is 2.42. The Labute approximate surface area is 293 Å². The number of benzene rings is 2. The van der Waals surface area contributed by atoms with Crippen molar-refractivity contribution in [2.75, 3.05) is 63.9 Å². The Morgan fingerprint density at radius 1 is 1.02 bits per heavy atom. The quantitative estimate of drug-likeness (QED) is 0.406. The molecule has 2 aromatic carbocycles. The summed E-state index contributed by atoms with van der Waals surface area (Å²) >= 11 is 0. The average Bonchev–Trinajstić information content (AvgIpc) is 3.35. The van der Waals surface area contributed by atoms with E-state index < -0.39 is 29.4 Å². The summed E-state index contributed by atoms with van der Waals surface area (Å²) in [5.41, 5.74) is 1.13. The summed E-state index contributed by atoms with van der Waals surface area (Å²) in [5.74, 6) is -2.19. The second-order valence-corrected chi connectivity index (χ2v) is 15.0. The molecule has 2 aromatic rings. The van der Waals surface area contributed by atoms with Gasteiger partial charge in [-0.1, -0.05) is 24.3 Å². The van der Waals surface area contributed by atoms with Crippen LogP contribution >= 0.6 is 0 Å². The standard InChI is InChI=1S/C37H50FN5O7/c1-24-18-41(29(19-40-13-14-49-22-25(40)2)20-42(24)35(48)50-36(3,4)5)21-32(44)43-23-37(6,34(47)39-17-33(45)46)30-12-9-27(16-31(30)43)15-26-7-10-28(38)11-8-26/h7-12,16,24-25,29H,13-15,17-23H2,1-6H3,(H,39,47)(H,45,46)/t24-,25?,29+,37?/m1/s1. The zero-order valence-corrected chi connectivity index (χ0v) is 29.9. The molecular formula is C37H50FN5O7. The lowest BCUT2D eigenvalue weighted by Gasteiger charge is -2.47. The number of ether oxygens (including phenoxy) is 2. The van der Waals surface area contributed by atoms with E-state index in [2.05, 4.69) is 22.0 Å². The van der Waals surface area contributed by atoms with Crippen molar-refractivity contribution in [3.63, 3.8) is 0 Å². The summed E-state index contributed by atoms with van der Waals surface area (Å²) in [6.07, 6.45) is 0.0999. The van der Waals surface area contributed by atoms with Gasteiger partial charge in [0.1, 0.15) is 18.0 Å². The van der Waals surface area contributed by atoms with Crippen molar-refractivity contribution in [3.8, 4) is 0 Å². The van der Waals surface area contributed by atoms with Crippen molar-refractivity contribution in [3.05, 3.63) is 65.0 Å². The van der Waals surface area contributed by atoms with Crippen LogP contribution in [0.1, 0.15) is 58.2 Å². The number of rotatable bonds is 9. The molecule has 0 radical (unpaired) electrons. The molecule has 5 rings (SSSR count). The minimum absolute atomic E-state index is 0.0329. The van der Waals surface area contributed by atoms with Gasteiger partial charge in [0.15, 0.2) is 0 Å². The number of nitrogens with zero attached hydrogens (tertiary/aromatic N) is 4. The molecule has 12 nitrogen and oxygen atoms in total. The summed E-state index contributed by atoms with van der Waals surface area (Å²) in [4.78, 5) is 60.4. The van der Waals surface area contributed by atoms with E-state index in [1.165, 1.54) is 12.1 Å². The normalized spacial score (nSPS) is 24.5. The Kier molecular flexibility index (Phi) is 11.2. The lowest BCUT2D eigenvalue weighted by atomic mass is 9.83. The molecule has 3 aliphatic heterocycles. The number of hydrogen-bond acceptors (Lipinski definition) is 8. The van der Waals surface area contributed by atoms with Gasteiger partial charge < -0.3 is 29.7 Å². The number of piperazine rings is 1. The molecule has 2 N–H and O–H groups in total. The summed E-state index contributed by atoms with van der Waals surface area (Å²) in [7, 11) is 0. The van der Waals surface area contributed by atoms with Gasteiger partial charge in [0.25, 0.3) is 0 Å². The third-order valence-corrected chi connectivity index (χ3v) is 9.82. The molecule has 0 bridgehead atoms. The number of carbonyl (C=O) groups is 4. The number of morpholine rings is 1. The number of aliphatic carboxylic acids is 1. The van der Waals surface area contributed by atoms with Crippen LogP contribution in [0, 0.1) is 5.82 Å². The number of carboxylic acids is 1. The number of halogens is 1. The molecule has 2 unspecified atom stereocenters. The van der Waals surface area contributed by atoms with E-state index in [1.807, 2.05) is 45.9 Å². The SMILES string of the molecule is CC1COCCN1C[C@H]1CN(C(=O)OC(C)(C)C)[C@H](C)CN1CC(=O)N1CC(C)(C(=O)NCC(=O)O)c2ccc(Cc3ccc(F)cc3)cc21. The predicted octanol–water partition coefficient (Wildman–Crippen LogP) is 3.25. The first-order valence-corrected chi connectivity index (χ1v) is 17.3. The van der Waals surface area contributed by atoms with E-state index in [9.17, 15) is 28.7 Å². The average molecular weight is 696 g/mol. The second-order valence-electron chi connectivity index (χ2n) is 15.0. The van der Waals surface area contributed by atoms with E-state index in [0.29, 0.717) is 50.5 Å². The topological polar surface area (TPSA) is 132 Å². The summed E-state index contributed by atoms with van der Waals surface area (Å²) in [5, 5.41) is 11.8. The van der Waals surface area contributed by atoms with Crippen LogP contribution in [0.5, 0.6) is 0 Å². The molecule has 2 fully saturated rings. The van der Waals surface area contributed by atoms with Gasteiger partial charge in [0.2, 0.25) is 11.8 Å². The lowest BCUT2D eigenvalue weighted by Crippen LogP contribution is -2.64. The highest BCUT2D eigenvalue weighted by atomic mass is 19.1. The lowest BCUT2D eigenvalue weighted by molar-refractivity contribution is -0.138. The van der Waals surface area contributed by atoms with Gasteiger partial charge in [-0.15, -0.1) is 0 Å². The Balaban J connectivity index is 1.43. The molecule has 0 spiro atoms. The van der Waals surface area contributed by atoms with Crippen LogP contribution in [0.4, 0.5) is 14.9 Å². The van der Waals surface area contributed by atoms with Crippen LogP contribution < -0.4 is 10.2 Å². The molecule has 3 aliphatic rings. The second kappa shape index (κ2) is 15.0. The number of amides is 3. The Bertz CT molecular complexity index is 1580. The molecule has 50 heavy (non-hydrogen) atoms. The van der Waals surface area contributed by atoms with Crippen LogP contribution in [0.2, 0.25) is 0 Å². The fraction of sp³-hybridized carbons (Fsp3) is 0.568. The molecular weight excluding hydrogens is 645 g/mol. The van der Waals surface area contributed by atoms with Crippen LogP contribution in [-0.4, -0.2) is 126 Å². The number of hydrogen-bond donors (Lipinski definition) is 2. The van der Waals surface area contributed by atoms with Crippen molar-refractivity contribution in [1.29, 1.82) is 0 Å². The molecule has 4 atom stereocenters. The number of carbonyl (C=O) groups excluding carboxylic acids is 3. The first-order chi connectivity index (χ1) is 23.5. The Morgan fingerprint density at radius 3 is 2.38 bits per heavy atom. The zero-order valence-electron chi connectivity index (χ0n) is 29.9. The van der Waals surface area contributed by atoms with E-state index in [4.69, 9.17) is 9.47 Å². The van der Waals surface area contributed by atoms with E-state index in [0.717, 1.165) is 17.7 Å². The number of nitrogens with one attached hydrogen (secondary N) is 1. The van der Waals surface area contributed by atoms with Gasteiger partial charge >= 0.3 is 12.1 Å². The third-order valence-electron chi connectivity index (χ3n) is 9.82. The number of fused-ring (bicyclic) bond motifs is 1. The van der Waals surface area contributed by atoms with Crippen molar-refractivity contribution in [2.45, 2.75) is 77.1 Å². The monoisotopic (exact) mass is 695 g/mol. The molecule has 3 heterocycles. The summed E-state index contributed by atoms with van der Waals surface area (Å²) in [6.45, 7) is 14.2. The van der Waals surface area contributed by atoms with Gasteiger partial charge in [-0.2, -0.15) is 0 Å². The number of anilines is 1. The predicted molar refractivity (Wildman–Crippen MR) is 186 cm³/mol. The third kappa shape index (κ3) is 8.62. The smallest absolute Gasteiger partial charge is 0.410 e. The molecule has 272 valence electrons. The molecule has 3 amide bonds. The first-order valence-electron chi connectivity index (χ1n) is 17.3. The van der Waals surface area contributed by atoms with E-state index in [-0.39, 0.29) is 49.0 Å². The van der Waals surface area contributed by atoms with Gasteiger partial charge in [-0.3, -0.25) is 24.2 Å². The number of carboxylic acid groups (broad SMARTS) is 1. The summed E-state index contributed by atoms with van der Waals surface area (Å²) in [6, 6.07) is 11.6. The molecule has 0 aliphatic carbocycles. The van der Waals surface area contributed by atoms with Crippen LogP contribution in [0.3, 0.4) is 0 Å².